The second kappa shape index (κ2) is 5.25. The van der Waals surface area contributed by atoms with E-state index in [0.717, 1.165) is 17.1 Å². The highest BCUT2D eigenvalue weighted by molar-refractivity contribution is 5.48. The third kappa shape index (κ3) is 3.14. The number of anilines is 1. The maximum Gasteiger partial charge on any atom is 0.119 e. The third-order valence-corrected chi connectivity index (χ3v) is 2.44. The maximum atomic E-state index is 5.09. The van der Waals surface area contributed by atoms with Crippen LogP contribution in [0.25, 0.3) is 0 Å². The Balaban J connectivity index is 1.95. The highest BCUT2D eigenvalue weighted by atomic mass is 16.5. The van der Waals surface area contributed by atoms with Gasteiger partial charge in [0.1, 0.15) is 5.75 Å². The van der Waals surface area contributed by atoms with Gasteiger partial charge in [0.25, 0.3) is 0 Å². The predicted molar refractivity (Wildman–Crippen MR) is 69.6 cm³/mol. The van der Waals surface area contributed by atoms with Crippen LogP contribution in [0.5, 0.6) is 5.75 Å². The van der Waals surface area contributed by atoms with Crippen molar-refractivity contribution in [2.45, 2.75) is 6.92 Å². The van der Waals surface area contributed by atoms with Crippen LogP contribution in [0.3, 0.4) is 0 Å². The van der Waals surface area contributed by atoms with Crippen LogP contribution in [0.2, 0.25) is 0 Å². The summed E-state index contributed by atoms with van der Waals surface area (Å²) in [4.78, 5) is 0. The molecule has 0 amide bonds. The summed E-state index contributed by atoms with van der Waals surface area (Å²) >= 11 is 0. The van der Waals surface area contributed by atoms with Crippen LogP contribution >= 0.6 is 0 Å². The fourth-order valence-electron chi connectivity index (χ4n) is 1.41. The van der Waals surface area contributed by atoms with Gasteiger partial charge in [0.2, 0.25) is 0 Å². The molecule has 1 radical (unpaired) electrons. The highest BCUT2D eigenvalue weighted by Crippen LogP contribution is 2.16. The van der Waals surface area contributed by atoms with E-state index < -0.39 is 0 Å². The topological polar surface area (TPSA) is 35.4 Å². The fourth-order valence-corrected chi connectivity index (χ4v) is 1.41. The van der Waals surface area contributed by atoms with E-state index >= 15 is 0 Å². The summed E-state index contributed by atoms with van der Waals surface area (Å²) in [7, 11) is 1.65. The van der Waals surface area contributed by atoms with E-state index in [9.17, 15) is 0 Å². The number of hydrogen-bond acceptors (Lipinski definition) is 2. The monoisotopic (exact) mass is 227 g/mol. The van der Waals surface area contributed by atoms with Crippen molar-refractivity contribution in [3.8, 4) is 5.75 Å². The molecule has 2 rings (SSSR count). The van der Waals surface area contributed by atoms with Crippen molar-refractivity contribution in [2.24, 2.45) is 0 Å². The smallest absolute Gasteiger partial charge is 0.119 e. The van der Waals surface area contributed by atoms with Gasteiger partial charge in [-0.3, -0.25) is 5.43 Å². The average Bonchev–Trinajstić information content (AvgIpc) is 2.39. The van der Waals surface area contributed by atoms with Gasteiger partial charge >= 0.3 is 0 Å². The lowest BCUT2D eigenvalue weighted by Crippen LogP contribution is -2.06. The molecule has 0 fully saturated rings. The molecule has 0 aliphatic rings. The lowest BCUT2D eigenvalue weighted by molar-refractivity contribution is 0.415. The van der Waals surface area contributed by atoms with Crippen molar-refractivity contribution in [3.05, 3.63) is 54.1 Å². The molecule has 0 saturated heterocycles. The van der Waals surface area contributed by atoms with Crippen molar-refractivity contribution < 1.29 is 4.74 Å². The van der Waals surface area contributed by atoms with E-state index in [4.69, 9.17) is 4.74 Å². The molecule has 0 aromatic heterocycles. The lowest BCUT2D eigenvalue weighted by atomic mass is 10.2. The standard InChI is InChI=1S/C14H15N2O/c1-11-3-5-12(6-4-11)15-16-13-7-9-14(17-2)10-8-13/h3-10,16H,1-2H3. The fraction of sp³-hybridized carbons (Fsp3) is 0.143. The van der Waals surface area contributed by atoms with Gasteiger partial charge < -0.3 is 4.74 Å². The van der Waals surface area contributed by atoms with E-state index in [2.05, 4.69) is 17.8 Å². The SMILES string of the molecule is COc1ccc(N[N]c2ccc(C)cc2)cc1. The van der Waals surface area contributed by atoms with E-state index in [1.165, 1.54) is 5.56 Å². The van der Waals surface area contributed by atoms with Crippen LogP contribution in [0.4, 0.5) is 11.4 Å². The Morgan fingerprint density at radius 3 is 2.18 bits per heavy atom. The Morgan fingerprint density at radius 2 is 1.59 bits per heavy atom. The number of ether oxygens (including phenoxy) is 1. The summed E-state index contributed by atoms with van der Waals surface area (Å²) in [5, 5.41) is 0. The highest BCUT2D eigenvalue weighted by Gasteiger charge is 1.95. The third-order valence-electron chi connectivity index (χ3n) is 2.44. The molecule has 0 unspecified atom stereocenters. The first-order chi connectivity index (χ1) is 8.28. The molecule has 0 heterocycles. The van der Waals surface area contributed by atoms with Crippen molar-refractivity contribution in [1.29, 1.82) is 0 Å². The molecule has 0 spiro atoms. The Morgan fingerprint density at radius 1 is 0.941 bits per heavy atom. The zero-order chi connectivity index (χ0) is 12.1. The van der Waals surface area contributed by atoms with Crippen molar-refractivity contribution in [2.75, 3.05) is 12.5 Å². The first-order valence-electron chi connectivity index (χ1n) is 5.45. The lowest BCUT2D eigenvalue weighted by Gasteiger charge is -2.07. The molecule has 17 heavy (non-hydrogen) atoms. The summed E-state index contributed by atoms with van der Waals surface area (Å²) in [6.45, 7) is 2.06. The van der Waals surface area contributed by atoms with E-state index in [1.54, 1.807) is 7.11 Å². The number of aryl methyl sites for hydroxylation is 1. The van der Waals surface area contributed by atoms with Crippen molar-refractivity contribution in [3.63, 3.8) is 0 Å². The molecule has 87 valence electrons. The Bertz CT molecular complexity index is 463. The van der Waals surface area contributed by atoms with E-state index in [0.29, 0.717) is 0 Å². The van der Waals surface area contributed by atoms with Crippen molar-refractivity contribution >= 4 is 11.4 Å². The van der Waals surface area contributed by atoms with Crippen LogP contribution in [0.1, 0.15) is 5.56 Å². The number of methoxy groups -OCH3 is 1. The molecule has 2 aromatic carbocycles. The summed E-state index contributed by atoms with van der Waals surface area (Å²) in [5.74, 6) is 0.839. The van der Waals surface area contributed by atoms with Gasteiger partial charge in [0.15, 0.2) is 0 Å². The predicted octanol–water partition coefficient (Wildman–Crippen LogP) is 3.27. The zero-order valence-corrected chi connectivity index (χ0v) is 9.97. The van der Waals surface area contributed by atoms with Crippen LogP contribution in [-0.4, -0.2) is 7.11 Å². The van der Waals surface area contributed by atoms with Gasteiger partial charge in [-0.15, -0.1) is 0 Å². The van der Waals surface area contributed by atoms with Crippen LogP contribution in [0.15, 0.2) is 48.5 Å². The van der Waals surface area contributed by atoms with Gasteiger partial charge in [0, 0.05) is 0 Å². The molecule has 2 aromatic rings. The van der Waals surface area contributed by atoms with Crippen LogP contribution in [0, 0.1) is 6.92 Å². The first-order valence-corrected chi connectivity index (χ1v) is 5.45. The second-order valence-electron chi connectivity index (χ2n) is 3.79. The minimum atomic E-state index is 0.839. The van der Waals surface area contributed by atoms with Crippen LogP contribution < -0.4 is 15.6 Å². The molecule has 3 nitrogen and oxygen atoms in total. The quantitative estimate of drug-likeness (QED) is 0.814. The largest absolute Gasteiger partial charge is 0.497 e. The van der Waals surface area contributed by atoms with Crippen LogP contribution in [-0.2, 0) is 0 Å². The summed E-state index contributed by atoms with van der Waals surface area (Å²) < 4.78 is 5.09. The molecule has 0 saturated carbocycles. The molecule has 1 N–H and O–H groups in total. The van der Waals surface area contributed by atoms with Gasteiger partial charge in [-0.25, -0.2) is 0 Å². The number of nitrogens with zero attached hydrogens (tertiary/aromatic N) is 1. The average molecular weight is 227 g/mol. The Kier molecular flexibility index (Phi) is 3.50. The number of benzene rings is 2. The van der Waals surface area contributed by atoms with Gasteiger partial charge in [-0.05, 0) is 43.3 Å². The van der Waals surface area contributed by atoms with Gasteiger partial charge in [0.05, 0.1) is 18.5 Å². The van der Waals surface area contributed by atoms with Gasteiger partial charge in [-0.2, -0.15) is 5.43 Å². The number of rotatable bonds is 4. The molecular formula is C14H15N2O. The molecule has 0 atom stereocenters. The number of nitrogens with one attached hydrogen (secondary N) is 1. The molecule has 0 aliphatic heterocycles. The first kappa shape index (κ1) is 11.3. The maximum absolute atomic E-state index is 5.09. The number of hydrogen-bond donors (Lipinski definition) is 1. The van der Waals surface area contributed by atoms with E-state index in [1.807, 2.05) is 48.5 Å². The zero-order valence-electron chi connectivity index (χ0n) is 9.97. The second-order valence-corrected chi connectivity index (χ2v) is 3.79. The molecular weight excluding hydrogens is 212 g/mol. The summed E-state index contributed by atoms with van der Waals surface area (Å²) in [5.41, 5.74) is 10.4. The molecule has 0 bridgehead atoms. The normalized spacial score (nSPS) is 9.76. The van der Waals surface area contributed by atoms with E-state index in [-0.39, 0.29) is 0 Å². The molecule has 3 heteroatoms. The Hall–Kier alpha value is -2.16. The molecule has 0 aliphatic carbocycles. The minimum absolute atomic E-state index is 0.839. The Labute approximate surface area is 101 Å². The summed E-state index contributed by atoms with van der Waals surface area (Å²) in [6.07, 6.45) is 0. The minimum Gasteiger partial charge on any atom is -0.497 e. The van der Waals surface area contributed by atoms with Crippen molar-refractivity contribution in [1.82, 2.24) is 5.43 Å². The summed E-state index contributed by atoms with van der Waals surface area (Å²) in [6, 6.07) is 15.7. The van der Waals surface area contributed by atoms with Gasteiger partial charge in [-0.1, -0.05) is 17.7 Å².